The van der Waals surface area contributed by atoms with Crippen LogP contribution >= 0.6 is 11.6 Å². The molecule has 0 unspecified atom stereocenters. The third kappa shape index (κ3) is 2.07. The molecule has 1 N–H and O–H groups in total. The topological polar surface area (TPSA) is 17.0 Å². The summed E-state index contributed by atoms with van der Waals surface area (Å²) in [4.78, 5) is 0. The average molecular weight is 249 g/mol. The first-order valence-electron chi connectivity index (χ1n) is 6.21. The lowest BCUT2D eigenvalue weighted by molar-refractivity contribution is 0.336. The van der Waals surface area contributed by atoms with Crippen LogP contribution in [-0.2, 0) is 13.6 Å². The molecule has 1 fully saturated rings. The molecule has 1 aromatic heterocycles. The van der Waals surface area contributed by atoms with Gasteiger partial charge >= 0.3 is 0 Å². The maximum Gasteiger partial charge on any atom is 0.0481 e. The van der Waals surface area contributed by atoms with E-state index >= 15 is 0 Å². The highest BCUT2D eigenvalue weighted by Gasteiger charge is 2.17. The molecule has 0 amide bonds. The maximum atomic E-state index is 6.01. The molecule has 2 aromatic rings. The van der Waals surface area contributed by atoms with Crippen molar-refractivity contribution < 1.29 is 0 Å². The lowest BCUT2D eigenvalue weighted by atomic mass is 9.93. The zero-order valence-corrected chi connectivity index (χ0v) is 10.8. The fraction of sp³-hybridized carbons (Fsp3) is 0.429. The standard InChI is InChI=1S/C14H17ClN2/c1-17-13(9-16-12-3-2-4-12)8-10-7-11(15)5-6-14(10)17/h5-8,12,16H,2-4,9H2,1H3. The van der Waals surface area contributed by atoms with E-state index in [-0.39, 0.29) is 0 Å². The number of aryl methyl sites for hydroxylation is 1. The van der Waals surface area contributed by atoms with Gasteiger partial charge in [0, 0.05) is 41.3 Å². The van der Waals surface area contributed by atoms with Crippen molar-refractivity contribution in [1.82, 2.24) is 9.88 Å². The predicted molar refractivity (Wildman–Crippen MR) is 72.4 cm³/mol. The summed E-state index contributed by atoms with van der Waals surface area (Å²) in [6.45, 7) is 0.952. The van der Waals surface area contributed by atoms with Crippen LogP contribution in [0.2, 0.25) is 5.02 Å². The molecule has 17 heavy (non-hydrogen) atoms. The quantitative estimate of drug-likeness (QED) is 0.880. The first kappa shape index (κ1) is 11.1. The van der Waals surface area contributed by atoms with E-state index in [9.17, 15) is 0 Å². The van der Waals surface area contributed by atoms with Gasteiger partial charge in [-0.2, -0.15) is 0 Å². The summed E-state index contributed by atoms with van der Waals surface area (Å²) in [5.41, 5.74) is 2.58. The van der Waals surface area contributed by atoms with Gasteiger partial charge in [0.1, 0.15) is 0 Å². The first-order chi connectivity index (χ1) is 8.24. The second-order valence-electron chi connectivity index (χ2n) is 4.91. The van der Waals surface area contributed by atoms with Crippen LogP contribution < -0.4 is 5.32 Å². The van der Waals surface area contributed by atoms with Crippen LogP contribution in [0.4, 0.5) is 0 Å². The van der Waals surface area contributed by atoms with Crippen molar-refractivity contribution in [2.75, 3.05) is 0 Å². The van der Waals surface area contributed by atoms with Gasteiger partial charge in [0.05, 0.1) is 0 Å². The molecular weight excluding hydrogens is 232 g/mol. The number of aromatic nitrogens is 1. The minimum atomic E-state index is 0.733. The monoisotopic (exact) mass is 248 g/mol. The van der Waals surface area contributed by atoms with Gasteiger partial charge in [-0.25, -0.2) is 0 Å². The molecule has 0 radical (unpaired) electrons. The third-order valence-electron chi connectivity index (χ3n) is 3.78. The molecule has 2 nitrogen and oxygen atoms in total. The van der Waals surface area contributed by atoms with E-state index in [0.717, 1.165) is 17.6 Å². The van der Waals surface area contributed by atoms with Crippen LogP contribution in [0.1, 0.15) is 25.0 Å². The molecule has 1 aliphatic rings. The SMILES string of the molecule is Cn1c(CNC2CCC2)cc2cc(Cl)ccc21. The number of fused-ring (bicyclic) bond motifs is 1. The third-order valence-corrected chi connectivity index (χ3v) is 4.02. The van der Waals surface area contributed by atoms with Crippen molar-refractivity contribution in [3.05, 3.63) is 35.0 Å². The van der Waals surface area contributed by atoms with Crippen LogP contribution in [0.25, 0.3) is 10.9 Å². The van der Waals surface area contributed by atoms with E-state index in [1.165, 1.54) is 35.9 Å². The number of benzene rings is 1. The predicted octanol–water partition coefficient (Wildman–Crippen LogP) is 3.47. The molecule has 1 aromatic carbocycles. The van der Waals surface area contributed by atoms with Gasteiger partial charge in [0.2, 0.25) is 0 Å². The minimum absolute atomic E-state index is 0.733. The van der Waals surface area contributed by atoms with Gasteiger partial charge in [-0.1, -0.05) is 18.0 Å². The maximum absolute atomic E-state index is 6.01. The molecule has 1 heterocycles. The van der Waals surface area contributed by atoms with Crippen LogP contribution in [0, 0.1) is 0 Å². The Balaban J connectivity index is 1.85. The summed E-state index contributed by atoms with van der Waals surface area (Å²) >= 11 is 6.01. The highest BCUT2D eigenvalue weighted by atomic mass is 35.5. The Morgan fingerprint density at radius 1 is 1.35 bits per heavy atom. The van der Waals surface area contributed by atoms with Crippen LogP contribution in [0.15, 0.2) is 24.3 Å². The summed E-state index contributed by atoms with van der Waals surface area (Å²) in [5.74, 6) is 0. The number of rotatable bonds is 3. The van der Waals surface area contributed by atoms with Crippen LogP contribution in [0.5, 0.6) is 0 Å². The van der Waals surface area contributed by atoms with E-state index in [1.54, 1.807) is 0 Å². The molecule has 0 bridgehead atoms. The highest BCUT2D eigenvalue weighted by Crippen LogP contribution is 2.23. The molecule has 90 valence electrons. The van der Waals surface area contributed by atoms with E-state index in [1.807, 2.05) is 12.1 Å². The lowest BCUT2D eigenvalue weighted by Crippen LogP contribution is -2.34. The summed E-state index contributed by atoms with van der Waals surface area (Å²) < 4.78 is 2.25. The number of hydrogen-bond donors (Lipinski definition) is 1. The number of nitrogens with zero attached hydrogens (tertiary/aromatic N) is 1. The summed E-state index contributed by atoms with van der Waals surface area (Å²) in [6, 6.07) is 9.03. The van der Waals surface area contributed by atoms with Gasteiger partial charge in [-0.3, -0.25) is 0 Å². The second kappa shape index (κ2) is 4.35. The molecule has 3 rings (SSSR count). The Morgan fingerprint density at radius 3 is 2.88 bits per heavy atom. The minimum Gasteiger partial charge on any atom is -0.346 e. The molecule has 0 spiro atoms. The van der Waals surface area contributed by atoms with Gasteiger partial charge in [0.25, 0.3) is 0 Å². The molecular formula is C14H17ClN2. The molecule has 0 saturated heterocycles. The normalized spacial score (nSPS) is 16.4. The van der Waals surface area contributed by atoms with E-state index in [4.69, 9.17) is 11.6 Å². The van der Waals surface area contributed by atoms with Crippen molar-refractivity contribution in [2.24, 2.45) is 7.05 Å². The zero-order valence-electron chi connectivity index (χ0n) is 10.0. The van der Waals surface area contributed by atoms with Gasteiger partial charge in [0.15, 0.2) is 0 Å². The summed E-state index contributed by atoms with van der Waals surface area (Å²) in [5, 5.41) is 5.63. The molecule has 0 atom stereocenters. The molecule has 3 heteroatoms. The molecule has 0 aliphatic heterocycles. The van der Waals surface area contributed by atoms with Crippen molar-refractivity contribution in [2.45, 2.75) is 31.8 Å². The largest absolute Gasteiger partial charge is 0.346 e. The zero-order chi connectivity index (χ0) is 11.8. The Morgan fingerprint density at radius 2 is 2.18 bits per heavy atom. The average Bonchev–Trinajstić information content (AvgIpc) is 2.53. The number of nitrogens with one attached hydrogen (secondary N) is 1. The molecule has 1 saturated carbocycles. The fourth-order valence-electron chi connectivity index (χ4n) is 2.41. The fourth-order valence-corrected chi connectivity index (χ4v) is 2.59. The van der Waals surface area contributed by atoms with Crippen molar-refractivity contribution in [3.8, 4) is 0 Å². The van der Waals surface area contributed by atoms with Gasteiger partial charge in [-0.15, -0.1) is 0 Å². The van der Waals surface area contributed by atoms with E-state index in [2.05, 4.69) is 29.1 Å². The second-order valence-corrected chi connectivity index (χ2v) is 5.34. The summed E-state index contributed by atoms with van der Waals surface area (Å²) in [7, 11) is 2.12. The molecule has 1 aliphatic carbocycles. The Kier molecular flexibility index (Phi) is 2.85. The van der Waals surface area contributed by atoms with Crippen LogP contribution in [-0.4, -0.2) is 10.6 Å². The van der Waals surface area contributed by atoms with Gasteiger partial charge in [-0.05, 0) is 37.1 Å². The Labute approximate surface area is 107 Å². The summed E-state index contributed by atoms with van der Waals surface area (Å²) in [6.07, 6.45) is 4.04. The lowest BCUT2D eigenvalue weighted by Gasteiger charge is -2.26. The van der Waals surface area contributed by atoms with E-state index < -0.39 is 0 Å². The van der Waals surface area contributed by atoms with Crippen molar-refractivity contribution >= 4 is 22.5 Å². The van der Waals surface area contributed by atoms with E-state index in [0.29, 0.717) is 0 Å². The Bertz CT molecular complexity index is 540. The highest BCUT2D eigenvalue weighted by molar-refractivity contribution is 6.31. The van der Waals surface area contributed by atoms with Crippen molar-refractivity contribution in [1.29, 1.82) is 0 Å². The first-order valence-corrected chi connectivity index (χ1v) is 6.59. The van der Waals surface area contributed by atoms with Crippen LogP contribution in [0.3, 0.4) is 0 Å². The number of halogens is 1. The van der Waals surface area contributed by atoms with Crippen molar-refractivity contribution in [3.63, 3.8) is 0 Å². The number of hydrogen-bond acceptors (Lipinski definition) is 1. The smallest absolute Gasteiger partial charge is 0.0481 e. The van der Waals surface area contributed by atoms with Gasteiger partial charge < -0.3 is 9.88 Å². The Hall–Kier alpha value is -0.990.